The molecule has 0 spiro atoms. The first-order chi connectivity index (χ1) is 9.04. The maximum absolute atomic E-state index is 12.3. The highest BCUT2D eigenvalue weighted by molar-refractivity contribution is 9.10. The van der Waals surface area contributed by atoms with Crippen LogP contribution in [-0.4, -0.2) is 34.9 Å². The SMILES string of the molecule is NC1CCN(C(=O)c2cc3cc(Cl)cc(Br)c3[nH]2)C1. The van der Waals surface area contributed by atoms with Crippen molar-refractivity contribution in [2.75, 3.05) is 13.1 Å². The summed E-state index contributed by atoms with van der Waals surface area (Å²) in [4.78, 5) is 17.3. The Balaban J connectivity index is 1.97. The summed E-state index contributed by atoms with van der Waals surface area (Å²) in [5, 5.41) is 1.56. The first-order valence-electron chi connectivity index (χ1n) is 6.07. The molecule has 2 heterocycles. The maximum Gasteiger partial charge on any atom is 0.270 e. The number of nitrogens with zero attached hydrogens (tertiary/aromatic N) is 1. The standard InChI is InChI=1S/C13H13BrClN3O/c14-10-5-8(15)3-7-4-11(17-12(7)10)13(19)18-2-1-9(16)6-18/h3-5,9,17H,1-2,6,16H2. The molecule has 4 nitrogen and oxygen atoms in total. The third-order valence-electron chi connectivity index (χ3n) is 3.39. The van der Waals surface area contributed by atoms with Gasteiger partial charge in [-0.2, -0.15) is 0 Å². The van der Waals surface area contributed by atoms with E-state index < -0.39 is 0 Å². The Morgan fingerprint density at radius 3 is 2.95 bits per heavy atom. The monoisotopic (exact) mass is 341 g/mol. The molecule has 1 aromatic heterocycles. The summed E-state index contributed by atoms with van der Waals surface area (Å²) in [6.07, 6.45) is 0.863. The molecule has 1 amide bonds. The van der Waals surface area contributed by atoms with Crippen molar-refractivity contribution in [1.29, 1.82) is 0 Å². The number of aromatic nitrogens is 1. The van der Waals surface area contributed by atoms with Crippen LogP contribution in [-0.2, 0) is 0 Å². The van der Waals surface area contributed by atoms with Crippen molar-refractivity contribution < 1.29 is 4.79 Å². The largest absolute Gasteiger partial charge is 0.350 e. The molecule has 0 bridgehead atoms. The van der Waals surface area contributed by atoms with Gasteiger partial charge in [0, 0.05) is 34.0 Å². The third kappa shape index (κ3) is 2.38. The lowest BCUT2D eigenvalue weighted by Crippen LogP contribution is -2.32. The van der Waals surface area contributed by atoms with Gasteiger partial charge in [0.1, 0.15) is 5.69 Å². The topological polar surface area (TPSA) is 62.1 Å². The lowest BCUT2D eigenvalue weighted by Gasteiger charge is -2.14. The zero-order chi connectivity index (χ0) is 13.6. The summed E-state index contributed by atoms with van der Waals surface area (Å²) in [7, 11) is 0. The number of amides is 1. The van der Waals surface area contributed by atoms with Gasteiger partial charge in [-0.3, -0.25) is 4.79 Å². The van der Waals surface area contributed by atoms with E-state index in [-0.39, 0.29) is 11.9 Å². The van der Waals surface area contributed by atoms with Crippen molar-refractivity contribution in [1.82, 2.24) is 9.88 Å². The van der Waals surface area contributed by atoms with Gasteiger partial charge < -0.3 is 15.6 Å². The van der Waals surface area contributed by atoms with Crippen LogP contribution in [0.15, 0.2) is 22.7 Å². The Kier molecular flexibility index (Phi) is 3.28. The van der Waals surface area contributed by atoms with Crippen LogP contribution in [0.25, 0.3) is 10.9 Å². The van der Waals surface area contributed by atoms with E-state index in [0.29, 0.717) is 17.3 Å². The van der Waals surface area contributed by atoms with Gasteiger partial charge in [0.15, 0.2) is 0 Å². The molecule has 3 N–H and O–H groups in total. The fraction of sp³-hybridized carbons (Fsp3) is 0.308. The molecule has 1 aliphatic rings. The van der Waals surface area contributed by atoms with E-state index in [2.05, 4.69) is 20.9 Å². The Morgan fingerprint density at radius 2 is 2.26 bits per heavy atom. The molecule has 2 aromatic rings. The summed E-state index contributed by atoms with van der Waals surface area (Å²) in [6, 6.07) is 5.57. The third-order valence-corrected chi connectivity index (χ3v) is 4.23. The molecule has 1 saturated heterocycles. The Morgan fingerprint density at radius 1 is 1.47 bits per heavy atom. The molecule has 1 atom stereocenters. The lowest BCUT2D eigenvalue weighted by molar-refractivity contribution is 0.0786. The smallest absolute Gasteiger partial charge is 0.270 e. The van der Waals surface area contributed by atoms with Gasteiger partial charge in [0.25, 0.3) is 5.91 Å². The van der Waals surface area contributed by atoms with Crippen molar-refractivity contribution >= 4 is 44.3 Å². The van der Waals surface area contributed by atoms with Gasteiger partial charge in [-0.25, -0.2) is 0 Å². The van der Waals surface area contributed by atoms with Crippen LogP contribution >= 0.6 is 27.5 Å². The van der Waals surface area contributed by atoms with Gasteiger partial charge >= 0.3 is 0 Å². The van der Waals surface area contributed by atoms with Crippen molar-refractivity contribution in [3.63, 3.8) is 0 Å². The van der Waals surface area contributed by atoms with Crippen molar-refractivity contribution in [2.24, 2.45) is 5.73 Å². The van der Waals surface area contributed by atoms with Crippen LogP contribution in [0.5, 0.6) is 0 Å². The second-order valence-electron chi connectivity index (χ2n) is 4.83. The minimum atomic E-state index is -0.00725. The van der Waals surface area contributed by atoms with Crippen molar-refractivity contribution in [3.05, 3.63) is 33.4 Å². The number of likely N-dealkylation sites (tertiary alicyclic amines) is 1. The van der Waals surface area contributed by atoms with Crippen LogP contribution in [0.2, 0.25) is 5.02 Å². The Hall–Kier alpha value is -1.04. The first-order valence-corrected chi connectivity index (χ1v) is 7.24. The highest BCUT2D eigenvalue weighted by Crippen LogP contribution is 2.29. The summed E-state index contributed by atoms with van der Waals surface area (Å²) < 4.78 is 0.854. The highest BCUT2D eigenvalue weighted by Gasteiger charge is 2.25. The molecule has 0 radical (unpaired) electrons. The molecule has 0 saturated carbocycles. The van der Waals surface area contributed by atoms with E-state index >= 15 is 0 Å². The summed E-state index contributed by atoms with van der Waals surface area (Å²) in [6.45, 7) is 1.34. The molecule has 1 fully saturated rings. The van der Waals surface area contributed by atoms with Crippen LogP contribution in [0.1, 0.15) is 16.9 Å². The average Bonchev–Trinajstić information content (AvgIpc) is 2.94. The summed E-state index contributed by atoms with van der Waals surface area (Å²) >= 11 is 9.45. The number of aromatic amines is 1. The number of rotatable bonds is 1. The van der Waals surface area contributed by atoms with E-state index in [1.54, 1.807) is 11.0 Å². The van der Waals surface area contributed by atoms with Crippen LogP contribution in [0.3, 0.4) is 0 Å². The molecular formula is C13H13BrClN3O. The minimum absolute atomic E-state index is 0.00725. The quantitative estimate of drug-likeness (QED) is 0.837. The molecule has 100 valence electrons. The molecular weight excluding hydrogens is 330 g/mol. The highest BCUT2D eigenvalue weighted by atomic mass is 79.9. The number of nitrogens with one attached hydrogen (secondary N) is 1. The number of benzene rings is 1. The molecule has 0 aliphatic carbocycles. The number of nitrogens with two attached hydrogens (primary N) is 1. The average molecular weight is 343 g/mol. The number of H-pyrrole nitrogens is 1. The van der Waals surface area contributed by atoms with Crippen molar-refractivity contribution in [3.8, 4) is 0 Å². The molecule has 1 unspecified atom stereocenters. The van der Waals surface area contributed by atoms with E-state index in [4.69, 9.17) is 17.3 Å². The molecule has 1 aromatic carbocycles. The number of fused-ring (bicyclic) bond motifs is 1. The summed E-state index contributed by atoms with van der Waals surface area (Å²) in [5.74, 6) is -0.00725. The van der Waals surface area contributed by atoms with E-state index in [0.717, 1.165) is 28.3 Å². The zero-order valence-electron chi connectivity index (χ0n) is 10.1. The number of hydrogen-bond acceptors (Lipinski definition) is 2. The summed E-state index contributed by atoms with van der Waals surface area (Å²) in [5.41, 5.74) is 7.29. The number of halogens is 2. The van der Waals surface area contributed by atoms with E-state index in [1.165, 1.54) is 0 Å². The van der Waals surface area contributed by atoms with Gasteiger partial charge in [0.05, 0.1) is 5.52 Å². The molecule has 6 heteroatoms. The fourth-order valence-electron chi connectivity index (χ4n) is 2.42. The number of hydrogen-bond donors (Lipinski definition) is 2. The predicted molar refractivity (Wildman–Crippen MR) is 79.5 cm³/mol. The minimum Gasteiger partial charge on any atom is -0.350 e. The van der Waals surface area contributed by atoms with Gasteiger partial charge in [-0.05, 0) is 40.5 Å². The second-order valence-corrected chi connectivity index (χ2v) is 6.13. The molecule has 19 heavy (non-hydrogen) atoms. The Labute approximate surface area is 124 Å². The molecule has 3 rings (SSSR count). The fourth-order valence-corrected chi connectivity index (χ4v) is 3.36. The van der Waals surface area contributed by atoms with Crippen molar-refractivity contribution in [2.45, 2.75) is 12.5 Å². The Bertz CT molecular complexity index is 655. The maximum atomic E-state index is 12.3. The van der Waals surface area contributed by atoms with Crippen LogP contribution in [0.4, 0.5) is 0 Å². The number of carbonyl (C=O) groups excluding carboxylic acids is 1. The predicted octanol–water partition coefficient (Wildman–Crippen LogP) is 2.76. The molecule has 1 aliphatic heterocycles. The van der Waals surface area contributed by atoms with Crippen LogP contribution < -0.4 is 5.73 Å². The van der Waals surface area contributed by atoms with Gasteiger partial charge in [-0.15, -0.1) is 0 Å². The zero-order valence-corrected chi connectivity index (χ0v) is 12.5. The number of carbonyl (C=O) groups is 1. The first kappa shape index (κ1) is 13.0. The second kappa shape index (κ2) is 4.81. The lowest BCUT2D eigenvalue weighted by atomic mass is 10.2. The van der Waals surface area contributed by atoms with E-state index in [1.807, 2.05) is 12.1 Å². The van der Waals surface area contributed by atoms with Gasteiger partial charge in [-0.1, -0.05) is 11.6 Å². The van der Waals surface area contributed by atoms with Gasteiger partial charge in [0.2, 0.25) is 0 Å². The van der Waals surface area contributed by atoms with Crippen LogP contribution in [0, 0.1) is 0 Å². The van der Waals surface area contributed by atoms with E-state index in [9.17, 15) is 4.79 Å². The normalized spacial score (nSPS) is 19.3.